The van der Waals surface area contributed by atoms with Gasteiger partial charge in [0.2, 0.25) is 29.5 Å². The topological polar surface area (TPSA) is 220 Å². The predicted octanol–water partition coefficient (Wildman–Crippen LogP) is -1.48. The molecule has 0 spiro atoms. The van der Waals surface area contributed by atoms with Gasteiger partial charge >= 0.3 is 0 Å². The number of aliphatic hydroxyl groups excluding tert-OH is 1. The number of aliphatic hydroxyl groups is 1. The molecule has 1 aliphatic rings. The van der Waals surface area contributed by atoms with Gasteiger partial charge in [-0.3, -0.25) is 24.0 Å². The second-order valence-electron chi connectivity index (χ2n) is 10.5. The highest BCUT2D eigenvalue weighted by molar-refractivity contribution is 7.98. The molecule has 0 aliphatic carbocycles. The van der Waals surface area contributed by atoms with Crippen LogP contribution in [0.25, 0.3) is 0 Å². The van der Waals surface area contributed by atoms with E-state index in [0.717, 1.165) is 0 Å². The molecular formula is C29H44N6O8S2. The van der Waals surface area contributed by atoms with Crippen LogP contribution in [0.1, 0.15) is 31.2 Å². The van der Waals surface area contributed by atoms with Crippen molar-refractivity contribution in [2.45, 2.75) is 62.3 Å². The van der Waals surface area contributed by atoms with E-state index in [1.165, 1.54) is 40.6 Å². The molecule has 250 valence electrons. The lowest BCUT2D eigenvalue weighted by molar-refractivity contribution is -0.142. The van der Waals surface area contributed by atoms with Gasteiger partial charge in [0, 0.05) is 13.0 Å². The van der Waals surface area contributed by atoms with Crippen LogP contribution in [-0.2, 0) is 35.2 Å². The minimum absolute atomic E-state index is 0.0456. The number of benzene rings is 1. The zero-order chi connectivity index (χ0) is 33.4. The third-order valence-corrected chi connectivity index (χ3v) is 8.50. The zero-order valence-corrected chi connectivity index (χ0v) is 27.2. The largest absolute Gasteiger partial charge is 0.508 e. The van der Waals surface area contributed by atoms with Gasteiger partial charge in [-0.1, -0.05) is 12.1 Å². The summed E-state index contributed by atoms with van der Waals surface area (Å²) in [7, 11) is 0. The molecule has 1 aromatic rings. The van der Waals surface area contributed by atoms with Gasteiger partial charge in [-0.25, -0.2) is 0 Å². The zero-order valence-electron chi connectivity index (χ0n) is 25.5. The average Bonchev–Trinajstić information content (AvgIpc) is 3.54. The Morgan fingerprint density at radius 2 is 1.58 bits per heavy atom. The number of hydrogen-bond donors (Lipinski definition) is 7. The van der Waals surface area contributed by atoms with Crippen molar-refractivity contribution in [2.24, 2.45) is 5.73 Å². The van der Waals surface area contributed by atoms with Crippen LogP contribution in [0.4, 0.5) is 0 Å². The summed E-state index contributed by atoms with van der Waals surface area (Å²) in [6, 6.07) is 1.11. The van der Waals surface area contributed by atoms with Crippen LogP contribution < -0.4 is 27.0 Å². The third kappa shape index (κ3) is 12.2. The number of nitrogens with one attached hydrogen (secondary N) is 4. The van der Waals surface area contributed by atoms with Gasteiger partial charge < -0.3 is 46.9 Å². The maximum atomic E-state index is 13.9. The normalized spacial score (nSPS) is 17.0. The minimum Gasteiger partial charge on any atom is -0.508 e. The molecule has 1 heterocycles. The SMILES string of the molecule is CSCC[C@H](NC(=O)[C@@H]1CCCN1C(=O)[C@H](CCSC)NC(=O)[C@H](Cc1ccc(O)cc1)NC(=O)CN)C(=O)N[C@H](C=O)CO. The molecule has 8 N–H and O–H groups in total. The first kappa shape index (κ1) is 37.8. The number of nitrogens with two attached hydrogens (primary N) is 1. The number of phenolic OH excluding ortho intramolecular Hbond substituents is 1. The van der Waals surface area contributed by atoms with Crippen LogP contribution in [0.3, 0.4) is 0 Å². The molecule has 45 heavy (non-hydrogen) atoms. The van der Waals surface area contributed by atoms with Crippen molar-refractivity contribution in [3.63, 3.8) is 0 Å². The molecule has 0 aromatic heterocycles. The molecule has 16 heteroatoms. The van der Waals surface area contributed by atoms with Crippen molar-refractivity contribution in [1.29, 1.82) is 0 Å². The number of hydrogen-bond acceptors (Lipinski definition) is 11. The number of amides is 5. The molecule has 14 nitrogen and oxygen atoms in total. The molecule has 1 aliphatic heterocycles. The Hall–Kier alpha value is -3.34. The molecule has 0 saturated carbocycles. The standard InChI is InChI=1S/C29H44N6O8S2/c1-44-12-9-21(26(40)31-19(16-36)17-37)33-28(42)24-4-3-11-35(24)29(43)22(10-13-45-2)34-27(41)23(32-25(39)15-30)14-18-5-7-20(38)8-6-18/h5-8,16,19,21-24,37-38H,3-4,9-15,17,30H2,1-2H3,(H,31,40)(H,32,39)(H,33,42)(H,34,41)/t19-,21+,22+,23+,24+/m1/s1. The first-order valence-corrected chi connectivity index (χ1v) is 17.4. The molecular weight excluding hydrogens is 624 g/mol. The number of carbonyl (C=O) groups excluding carboxylic acids is 6. The summed E-state index contributed by atoms with van der Waals surface area (Å²) in [6.07, 6.45) is 5.59. The maximum absolute atomic E-state index is 13.9. The quantitative estimate of drug-likeness (QED) is 0.0843. The Labute approximate surface area is 271 Å². The summed E-state index contributed by atoms with van der Waals surface area (Å²) in [6.45, 7) is -0.661. The van der Waals surface area contributed by atoms with Crippen LogP contribution >= 0.6 is 23.5 Å². The molecule has 5 amide bonds. The van der Waals surface area contributed by atoms with Gasteiger partial charge in [0.25, 0.3) is 0 Å². The lowest BCUT2D eigenvalue weighted by Gasteiger charge is -2.30. The minimum atomic E-state index is -1.11. The average molecular weight is 669 g/mol. The highest BCUT2D eigenvalue weighted by Gasteiger charge is 2.39. The highest BCUT2D eigenvalue weighted by atomic mass is 32.2. The number of nitrogens with zero attached hydrogens (tertiary/aromatic N) is 1. The summed E-state index contributed by atoms with van der Waals surface area (Å²) in [5.41, 5.74) is 6.12. The Morgan fingerprint density at radius 1 is 0.956 bits per heavy atom. The van der Waals surface area contributed by atoms with Crippen molar-refractivity contribution in [2.75, 3.05) is 43.7 Å². The van der Waals surface area contributed by atoms with Gasteiger partial charge in [-0.05, 0) is 67.4 Å². The molecule has 0 unspecified atom stereocenters. The van der Waals surface area contributed by atoms with E-state index in [1.807, 2.05) is 12.5 Å². The first-order chi connectivity index (χ1) is 21.6. The van der Waals surface area contributed by atoms with Crippen LogP contribution in [0.2, 0.25) is 0 Å². The van der Waals surface area contributed by atoms with E-state index in [2.05, 4.69) is 21.3 Å². The number of aromatic hydroxyl groups is 1. The molecule has 1 fully saturated rings. The van der Waals surface area contributed by atoms with E-state index in [9.17, 15) is 39.0 Å². The Kier molecular flexibility index (Phi) is 16.8. The van der Waals surface area contributed by atoms with Crippen LogP contribution in [0.5, 0.6) is 5.75 Å². The lowest BCUT2D eigenvalue weighted by Crippen LogP contribution is -2.59. The molecule has 1 aromatic carbocycles. The van der Waals surface area contributed by atoms with Gasteiger partial charge in [-0.2, -0.15) is 23.5 Å². The second-order valence-corrected chi connectivity index (χ2v) is 12.5. The maximum Gasteiger partial charge on any atom is 0.245 e. The monoisotopic (exact) mass is 668 g/mol. The van der Waals surface area contributed by atoms with Gasteiger partial charge in [-0.15, -0.1) is 0 Å². The van der Waals surface area contributed by atoms with Crippen LogP contribution in [0.15, 0.2) is 24.3 Å². The number of rotatable bonds is 19. The fourth-order valence-electron chi connectivity index (χ4n) is 4.78. The molecule has 5 atom stereocenters. The number of carbonyl (C=O) groups is 6. The van der Waals surface area contributed by atoms with Gasteiger partial charge in [0.1, 0.15) is 42.2 Å². The Bertz CT molecular complexity index is 1160. The van der Waals surface area contributed by atoms with Gasteiger partial charge in [0.15, 0.2) is 0 Å². The highest BCUT2D eigenvalue weighted by Crippen LogP contribution is 2.21. The third-order valence-electron chi connectivity index (χ3n) is 7.21. The van der Waals surface area contributed by atoms with Crippen molar-refractivity contribution < 1.29 is 39.0 Å². The molecule has 1 saturated heterocycles. The predicted molar refractivity (Wildman–Crippen MR) is 172 cm³/mol. The van der Waals surface area contributed by atoms with E-state index in [4.69, 9.17) is 5.73 Å². The Morgan fingerprint density at radius 3 is 2.16 bits per heavy atom. The fourth-order valence-corrected chi connectivity index (χ4v) is 5.72. The number of thioether (sulfide) groups is 2. The fraction of sp³-hybridized carbons (Fsp3) is 0.586. The summed E-state index contributed by atoms with van der Waals surface area (Å²) >= 11 is 2.94. The second kappa shape index (κ2) is 19.9. The van der Waals surface area contributed by atoms with Crippen molar-refractivity contribution in [3.8, 4) is 5.75 Å². The number of aldehydes is 1. The van der Waals surface area contributed by atoms with Gasteiger partial charge in [0.05, 0.1) is 13.2 Å². The Balaban J connectivity index is 2.22. The van der Waals surface area contributed by atoms with Crippen LogP contribution in [-0.4, -0.2) is 125 Å². The molecule has 2 rings (SSSR count). The number of phenols is 1. The van der Waals surface area contributed by atoms with Crippen molar-refractivity contribution in [1.82, 2.24) is 26.2 Å². The van der Waals surface area contributed by atoms with E-state index in [1.54, 1.807) is 12.1 Å². The van der Waals surface area contributed by atoms with E-state index >= 15 is 0 Å². The summed E-state index contributed by atoms with van der Waals surface area (Å²) in [5, 5.41) is 29.3. The summed E-state index contributed by atoms with van der Waals surface area (Å²) < 4.78 is 0. The van der Waals surface area contributed by atoms with Crippen molar-refractivity contribution in [3.05, 3.63) is 29.8 Å². The van der Waals surface area contributed by atoms with Crippen LogP contribution in [0, 0.1) is 0 Å². The number of likely N-dealkylation sites (tertiary alicyclic amines) is 1. The summed E-state index contributed by atoms with van der Waals surface area (Å²) in [5.74, 6) is -1.68. The first-order valence-electron chi connectivity index (χ1n) is 14.6. The van der Waals surface area contributed by atoms with E-state index in [0.29, 0.717) is 36.2 Å². The van der Waals surface area contributed by atoms with E-state index < -0.39 is 66.4 Å². The molecule has 0 radical (unpaired) electrons. The smallest absolute Gasteiger partial charge is 0.245 e. The van der Waals surface area contributed by atoms with E-state index in [-0.39, 0.29) is 38.1 Å². The molecule has 0 bridgehead atoms. The lowest BCUT2D eigenvalue weighted by atomic mass is 10.0. The van der Waals surface area contributed by atoms with Crippen molar-refractivity contribution >= 4 is 59.3 Å². The summed E-state index contributed by atoms with van der Waals surface area (Å²) in [4.78, 5) is 78.2.